The van der Waals surface area contributed by atoms with Crippen LogP contribution in [0.4, 0.5) is 0 Å². The van der Waals surface area contributed by atoms with Crippen molar-refractivity contribution >= 4 is 15.9 Å². The number of sulfonamides is 1. The standard InChI is InChI=1S/C17H24N4O3S/c22-17(16-6-5-15(19-16)13-3-4-13)20-8-10-21(11-9-20)25(23,24)14-2-1-7-18-12-14/h1-2,7,12-13,15-16,19H,3-6,8-11H2. The molecule has 0 spiro atoms. The van der Waals surface area contributed by atoms with Gasteiger partial charge in [-0.1, -0.05) is 0 Å². The number of carbonyl (C=O) groups is 1. The van der Waals surface area contributed by atoms with Crippen molar-refractivity contribution in [3.05, 3.63) is 24.5 Å². The molecule has 25 heavy (non-hydrogen) atoms. The summed E-state index contributed by atoms with van der Waals surface area (Å²) in [5, 5.41) is 3.49. The van der Waals surface area contributed by atoms with Gasteiger partial charge in [0, 0.05) is 44.6 Å². The average molecular weight is 364 g/mol. The van der Waals surface area contributed by atoms with E-state index in [-0.39, 0.29) is 16.8 Å². The molecule has 3 heterocycles. The Morgan fingerprint density at radius 1 is 1.12 bits per heavy atom. The monoisotopic (exact) mass is 364 g/mol. The van der Waals surface area contributed by atoms with Crippen molar-refractivity contribution in [2.45, 2.75) is 42.7 Å². The predicted octanol–water partition coefficient (Wildman–Crippen LogP) is 0.445. The lowest BCUT2D eigenvalue weighted by molar-refractivity contribution is -0.134. The molecule has 0 bridgehead atoms. The van der Waals surface area contributed by atoms with Crippen molar-refractivity contribution in [2.24, 2.45) is 5.92 Å². The van der Waals surface area contributed by atoms with Crippen molar-refractivity contribution in [3.8, 4) is 0 Å². The van der Waals surface area contributed by atoms with E-state index < -0.39 is 10.0 Å². The number of aromatic nitrogens is 1. The minimum atomic E-state index is -3.52. The molecule has 3 aliphatic rings. The van der Waals surface area contributed by atoms with Crippen LogP contribution in [0.1, 0.15) is 25.7 Å². The van der Waals surface area contributed by atoms with Gasteiger partial charge in [-0.2, -0.15) is 4.31 Å². The molecule has 0 aromatic carbocycles. The molecule has 4 rings (SSSR count). The van der Waals surface area contributed by atoms with Crippen LogP contribution < -0.4 is 5.32 Å². The highest BCUT2D eigenvalue weighted by molar-refractivity contribution is 7.89. The highest BCUT2D eigenvalue weighted by atomic mass is 32.2. The maximum Gasteiger partial charge on any atom is 0.244 e. The Kier molecular flexibility index (Phi) is 4.51. The van der Waals surface area contributed by atoms with Gasteiger partial charge in [-0.05, 0) is 43.7 Å². The van der Waals surface area contributed by atoms with E-state index in [1.807, 2.05) is 4.90 Å². The summed E-state index contributed by atoms with van der Waals surface area (Å²) in [5.41, 5.74) is 0. The zero-order chi connectivity index (χ0) is 17.4. The number of piperazine rings is 1. The molecule has 136 valence electrons. The number of amides is 1. The lowest BCUT2D eigenvalue weighted by Gasteiger charge is -2.35. The molecule has 1 aromatic heterocycles. The van der Waals surface area contributed by atoms with Crippen LogP contribution in [0.2, 0.25) is 0 Å². The minimum absolute atomic E-state index is 0.0907. The van der Waals surface area contributed by atoms with Crippen LogP contribution in [0.5, 0.6) is 0 Å². The summed E-state index contributed by atoms with van der Waals surface area (Å²) >= 11 is 0. The zero-order valence-corrected chi connectivity index (χ0v) is 15.0. The van der Waals surface area contributed by atoms with E-state index in [1.54, 1.807) is 18.3 Å². The molecule has 0 radical (unpaired) electrons. The number of hydrogen-bond acceptors (Lipinski definition) is 5. The molecule has 2 saturated heterocycles. The van der Waals surface area contributed by atoms with Crippen LogP contribution >= 0.6 is 0 Å². The normalized spacial score (nSPS) is 28.2. The average Bonchev–Trinajstić information content (AvgIpc) is 3.39. The lowest BCUT2D eigenvalue weighted by atomic mass is 10.1. The molecule has 1 aromatic rings. The maximum atomic E-state index is 12.7. The summed E-state index contributed by atoms with van der Waals surface area (Å²) in [7, 11) is -3.52. The predicted molar refractivity (Wildman–Crippen MR) is 92.2 cm³/mol. The van der Waals surface area contributed by atoms with Crippen LogP contribution in [0.3, 0.4) is 0 Å². The molecule has 8 heteroatoms. The minimum Gasteiger partial charge on any atom is -0.339 e. The molecule has 3 fully saturated rings. The second-order valence-corrected chi connectivity index (χ2v) is 9.10. The van der Waals surface area contributed by atoms with Crippen molar-refractivity contribution in [3.63, 3.8) is 0 Å². The number of rotatable bonds is 4. The van der Waals surface area contributed by atoms with Gasteiger partial charge in [-0.3, -0.25) is 9.78 Å². The highest BCUT2D eigenvalue weighted by Crippen LogP contribution is 2.37. The Morgan fingerprint density at radius 2 is 1.88 bits per heavy atom. The first-order valence-corrected chi connectivity index (χ1v) is 10.4. The van der Waals surface area contributed by atoms with Crippen LogP contribution in [-0.2, 0) is 14.8 Å². The van der Waals surface area contributed by atoms with Gasteiger partial charge in [0.15, 0.2) is 0 Å². The largest absolute Gasteiger partial charge is 0.339 e. The quantitative estimate of drug-likeness (QED) is 0.839. The molecule has 7 nitrogen and oxygen atoms in total. The van der Waals surface area contributed by atoms with E-state index in [9.17, 15) is 13.2 Å². The summed E-state index contributed by atoms with van der Waals surface area (Å²) in [6.07, 6.45) is 7.46. The number of pyridine rings is 1. The van der Waals surface area contributed by atoms with E-state index in [0.717, 1.165) is 18.8 Å². The Hall–Kier alpha value is -1.51. The van der Waals surface area contributed by atoms with Gasteiger partial charge in [0.05, 0.1) is 6.04 Å². The molecule has 1 amide bonds. The molecule has 1 N–H and O–H groups in total. The number of nitrogens with zero attached hydrogens (tertiary/aromatic N) is 3. The Labute approximate surface area is 148 Å². The first kappa shape index (κ1) is 16.9. The zero-order valence-electron chi connectivity index (χ0n) is 14.2. The topological polar surface area (TPSA) is 82.6 Å². The van der Waals surface area contributed by atoms with E-state index in [4.69, 9.17) is 0 Å². The van der Waals surface area contributed by atoms with E-state index >= 15 is 0 Å². The van der Waals surface area contributed by atoms with Gasteiger partial charge < -0.3 is 10.2 Å². The van der Waals surface area contributed by atoms with Crippen LogP contribution in [0, 0.1) is 5.92 Å². The lowest BCUT2D eigenvalue weighted by Crippen LogP contribution is -2.54. The van der Waals surface area contributed by atoms with Crippen molar-refractivity contribution < 1.29 is 13.2 Å². The van der Waals surface area contributed by atoms with Gasteiger partial charge in [0.1, 0.15) is 4.90 Å². The summed E-state index contributed by atoms with van der Waals surface area (Å²) in [4.78, 5) is 18.6. The van der Waals surface area contributed by atoms with Crippen molar-refractivity contribution in [2.75, 3.05) is 26.2 Å². The number of hydrogen-bond donors (Lipinski definition) is 1. The van der Waals surface area contributed by atoms with Gasteiger partial charge in [-0.25, -0.2) is 8.42 Å². The van der Waals surface area contributed by atoms with Crippen LogP contribution in [0.15, 0.2) is 29.4 Å². The fourth-order valence-electron chi connectivity index (χ4n) is 3.85. The van der Waals surface area contributed by atoms with Crippen LogP contribution in [-0.4, -0.2) is 66.8 Å². The fraction of sp³-hybridized carbons (Fsp3) is 0.647. The summed E-state index contributed by atoms with van der Waals surface area (Å²) < 4.78 is 26.7. The summed E-state index contributed by atoms with van der Waals surface area (Å²) in [6, 6.07) is 3.59. The van der Waals surface area contributed by atoms with E-state index in [2.05, 4.69) is 10.3 Å². The Balaban J connectivity index is 1.34. The van der Waals surface area contributed by atoms with Gasteiger partial charge in [0.2, 0.25) is 15.9 Å². The van der Waals surface area contributed by atoms with Crippen molar-refractivity contribution in [1.29, 1.82) is 0 Å². The third-order valence-corrected chi connectivity index (χ3v) is 7.38. The van der Waals surface area contributed by atoms with E-state index in [1.165, 1.54) is 23.3 Å². The fourth-order valence-corrected chi connectivity index (χ4v) is 5.24. The highest BCUT2D eigenvalue weighted by Gasteiger charge is 2.40. The van der Waals surface area contributed by atoms with Crippen molar-refractivity contribution in [1.82, 2.24) is 19.5 Å². The van der Waals surface area contributed by atoms with Gasteiger partial charge in [0.25, 0.3) is 0 Å². The Morgan fingerprint density at radius 3 is 2.52 bits per heavy atom. The summed E-state index contributed by atoms with van der Waals surface area (Å²) in [5.74, 6) is 0.890. The maximum absolute atomic E-state index is 12.7. The number of nitrogens with one attached hydrogen (secondary N) is 1. The molecule has 2 atom stereocenters. The summed E-state index contributed by atoms with van der Waals surface area (Å²) in [6.45, 7) is 1.57. The molecule has 1 saturated carbocycles. The first-order valence-electron chi connectivity index (χ1n) is 9.01. The SMILES string of the molecule is O=C(C1CCC(C2CC2)N1)N1CCN(S(=O)(=O)c2cccnc2)CC1. The second-order valence-electron chi connectivity index (χ2n) is 7.16. The second kappa shape index (κ2) is 6.66. The molecular weight excluding hydrogens is 340 g/mol. The van der Waals surface area contributed by atoms with E-state index in [0.29, 0.717) is 32.2 Å². The first-order chi connectivity index (χ1) is 12.1. The molecule has 1 aliphatic carbocycles. The Bertz CT molecular complexity index is 728. The number of carbonyl (C=O) groups excluding carboxylic acids is 1. The third-order valence-electron chi connectivity index (χ3n) is 5.49. The van der Waals surface area contributed by atoms with Crippen LogP contribution in [0.25, 0.3) is 0 Å². The molecule has 2 unspecified atom stereocenters. The molecule has 2 aliphatic heterocycles. The van der Waals surface area contributed by atoms with Gasteiger partial charge >= 0.3 is 0 Å². The molecular formula is C17H24N4O3S. The van der Waals surface area contributed by atoms with Gasteiger partial charge in [-0.15, -0.1) is 0 Å². The smallest absolute Gasteiger partial charge is 0.244 e. The third kappa shape index (κ3) is 3.43.